The number of fused-ring (bicyclic) bond motifs is 1. The van der Waals surface area contributed by atoms with E-state index in [9.17, 15) is 4.79 Å². The van der Waals surface area contributed by atoms with Gasteiger partial charge in [0.1, 0.15) is 5.82 Å². The lowest BCUT2D eigenvalue weighted by molar-refractivity contribution is -0.132. The molecule has 110 valence electrons. The summed E-state index contributed by atoms with van der Waals surface area (Å²) in [6.45, 7) is 0.669. The van der Waals surface area contributed by atoms with E-state index in [1.54, 1.807) is 4.90 Å². The second kappa shape index (κ2) is 5.53. The maximum Gasteiger partial charge on any atom is 0.239 e. The number of carbonyl (C=O) groups excluding carboxylic acids is 1. The van der Waals surface area contributed by atoms with E-state index < -0.39 is 0 Å². The van der Waals surface area contributed by atoms with E-state index in [1.807, 2.05) is 31.3 Å². The maximum atomic E-state index is 11.6. The molecular weight excluding hydrogens is 268 g/mol. The Hall–Kier alpha value is -2.41. The number of anilines is 2. The van der Waals surface area contributed by atoms with Crippen molar-refractivity contribution in [1.29, 1.82) is 0 Å². The van der Waals surface area contributed by atoms with Crippen molar-refractivity contribution in [3.63, 3.8) is 0 Å². The van der Waals surface area contributed by atoms with Gasteiger partial charge in [0.25, 0.3) is 0 Å². The molecule has 4 N–H and O–H groups in total. The Bertz CT molecular complexity index is 674. The summed E-state index contributed by atoms with van der Waals surface area (Å²) >= 11 is 0. The number of para-hydroxylation sites is 1. The van der Waals surface area contributed by atoms with Gasteiger partial charge in [-0.1, -0.05) is 12.1 Å². The lowest BCUT2D eigenvalue weighted by Crippen LogP contribution is -2.43. The van der Waals surface area contributed by atoms with Gasteiger partial charge in [0.2, 0.25) is 11.9 Å². The van der Waals surface area contributed by atoms with Crippen LogP contribution in [0.3, 0.4) is 0 Å². The van der Waals surface area contributed by atoms with Crippen molar-refractivity contribution in [2.45, 2.75) is 18.9 Å². The molecule has 1 aliphatic heterocycles. The molecule has 0 saturated carbocycles. The van der Waals surface area contributed by atoms with Crippen LogP contribution < -0.4 is 16.6 Å². The third kappa shape index (κ3) is 2.73. The van der Waals surface area contributed by atoms with Crippen LogP contribution in [-0.2, 0) is 4.79 Å². The number of nitrogens with two attached hydrogens (primary N) is 1. The monoisotopic (exact) mass is 286 g/mol. The number of hydrazine groups is 1. The Morgan fingerprint density at radius 1 is 1.33 bits per heavy atom. The normalized spacial score (nSPS) is 18.9. The Morgan fingerprint density at radius 3 is 2.90 bits per heavy atom. The number of hydrogen-bond donors (Lipinski definition) is 3. The van der Waals surface area contributed by atoms with Gasteiger partial charge in [-0.05, 0) is 18.6 Å². The van der Waals surface area contributed by atoms with Crippen LogP contribution in [0, 0.1) is 0 Å². The third-order valence-electron chi connectivity index (χ3n) is 3.70. The number of carbonyl (C=O) groups is 1. The molecule has 1 aromatic heterocycles. The Morgan fingerprint density at radius 2 is 2.14 bits per heavy atom. The van der Waals surface area contributed by atoms with Crippen molar-refractivity contribution in [3.05, 3.63) is 24.3 Å². The van der Waals surface area contributed by atoms with E-state index in [2.05, 4.69) is 20.7 Å². The molecule has 0 bridgehead atoms. The Kier molecular flexibility index (Phi) is 3.57. The standard InChI is InChI=1S/C14H18N6O/c1-20-8-9(6-7-12(20)21)16-13-10-4-2-3-5-11(10)17-14(18-13)19-15/h2-5,9H,6-8,15H2,1H3,(H2,16,17,18,19). The lowest BCUT2D eigenvalue weighted by atomic mass is 10.1. The molecular formula is C14H18N6O. The summed E-state index contributed by atoms with van der Waals surface area (Å²) in [6, 6.07) is 7.93. The first-order valence-corrected chi connectivity index (χ1v) is 6.91. The van der Waals surface area contributed by atoms with Crippen molar-refractivity contribution >= 4 is 28.6 Å². The number of hydrogen-bond acceptors (Lipinski definition) is 6. The van der Waals surface area contributed by atoms with Crippen LogP contribution in [0.15, 0.2) is 24.3 Å². The van der Waals surface area contributed by atoms with Crippen LogP contribution in [0.1, 0.15) is 12.8 Å². The van der Waals surface area contributed by atoms with Crippen molar-refractivity contribution in [1.82, 2.24) is 14.9 Å². The summed E-state index contributed by atoms with van der Waals surface area (Å²) in [4.78, 5) is 22.0. The number of rotatable bonds is 3. The first-order chi connectivity index (χ1) is 10.2. The molecule has 1 atom stereocenters. The van der Waals surface area contributed by atoms with Crippen LogP contribution >= 0.6 is 0 Å². The minimum absolute atomic E-state index is 0.177. The van der Waals surface area contributed by atoms with E-state index in [0.29, 0.717) is 18.9 Å². The van der Waals surface area contributed by atoms with Crippen molar-refractivity contribution < 1.29 is 4.79 Å². The van der Waals surface area contributed by atoms with E-state index in [1.165, 1.54) is 0 Å². The highest BCUT2D eigenvalue weighted by Gasteiger charge is 2.23. The minimum Gasteiger partial charge on any atom is -0.365 e. The van der Waals surface area contributed by atoms with E-state index in [-0.39, 0.29) is 11.9 Å². The summed E-state index contributed by atoms with van der Waals surface area (Å²) < 4.78 is 0. The van der Waals surface area contributed by atoms with Crippen LogP contribution in [0.4, 0.5) is 11.8 Å². The van der Waals surface area contributed by atoms with Crippen LogP contribution in [-0.4, -0.2) is 40.4 Å². The van der Waals surface area contributed by atoms with Gasteiger partial charge in [-0.15, -0.1) is 0 Å². The highest BCUT2D eigenvalue weighted by Crippen LogP contribution is 2.24. The molecule has 7 nitrogen and oxygen atoms in total. The Balaban J connectivity index is 1.91. The zero-order valence-corrected chi connectivity index (χ0v) is 11.8. The molecule has 1 aromatic carbocycles. The van der Waals surface area contributed by atoms with Gasteiger partial charge < -0.3 is 10.2 Å². The summed E-state index contributed by atoms with van der Waals surface area (Å²) in [7, 11) is 1.82. The van der Waals surface area contributed by atoms with Crippen molar-refractivity contribution in [2.75, 3.05) is 24.3 Å². The molecule has 0 radical (unpaired) electrons. The molecule has 1 amide bonds. The fourth-order valence-corrected chi connectivity index (χ4v) is 2.57. The molecule has 1 aliphatic rings. The summed E-state index contributed by atoms with van der Waals surface area (Å²) in [5.74, 6) is 6.72. The SMILES string of the molecule is CN1CC(Nc2nc(NN)nc3ccccc23)CCC1=O. The molecule has 0 aliphatic carbocycles. The summed E-state index contributed by atoms with van der Waals surface area (Å²) in [5, 5.41) is 4.35. The summed E-state index contributed by atoms with van der Waals surface area (Å²) in [6.07, 6.45) is 1.35. The predicted octanol–water partition coefficient (Wildman–Crippen LogP) is 0.948. The Labute approximate surface area is 122 Å². The van der Waals surface area contributed by atoms with Gasteiger partial charge in [0.15, 0.2) is 0 Å². The smallest absolute Gasteiger partial charge is 0.239 e. The first kappa shape index (κ1) is 13.6. The van der Waals surface area contributed by atoms with Crippen molar-refractivity contribution in [3.8, 4) is 0 Å². The molecule has 1 unspecified atom stereocenters. The van der Waals surface area contributed by atoms with E-state index in [0.717, 1.165) is 23.1 Å². The predicted molar refractivity (Wildman–Crippen MR) is 81.6 cm³/mol. The van der Waals surface area contributed by atoms with Gasteiger partial charge in [0, 0.05) is 31.4 Å². The van der Waals surface area contributed by atoms with Gasteiger partial charge in [-0.3, -0.25) is 10.2 Å². The second-order valence-electron chi connectivity index (χ2n) is 5.21. The number of likely N-dealkylation sites (N-methyl/N-ethyl adjacent to an activating group) is 1. The topological polar surface area (TPSA) is 96.2 Å². The number of benzene rings is 1. The van der Waals surface area contributed by atoms with Crippen molar-refractivity contribution in [2.24, 2.45) is 5.84 Å². The van der Waals surface area contributed by atoms with Gasteiger partial charge in [-0.2, -0.15) is 4.98 Å². The maximum absolute atomic E-state index is 11.6. The largest absolute Gasteiger partial charge is 0.365 e. The second-order valence-corrected chi connectivity index (χ2v) is 5.21. The molecule has 2 aromatic rings. The molecule has 0 spiro atoms. The van der Waals surface area contributed by atoms with E-state index in [4.69, 9.17) is 5.84 Å². The lowest BCUT2D eigenvalue weighted by Gasteiger charge is -2.30. The van der Waals surface area contributed by atoms with Crippen LogP contribution in [0.2, 0.25) is 0 Å². The number of nitrogen functional groups attached to an aromatic ring is 1. The summed E-state index contributed by atoms with van der Waals surface area (Å²) in [5.41, 5.74) is 3.31. The average molecular weight is 286 g/mol. The minimum atomic E-state index is 0.177. The number of likely N-dealkylation sites (tertiary alicyclic amines) is 1. The molecule has 3 rings (SSSR count). The number of aromatic nitrogens is 2. The average Bonchev–Trinajstić information content (AvgIpc) is 2.51. The molecule has 1 saturated heterocycles. The highest BCUT2D eigenvalue weighted by atomic mass is 16.2. The zero-order valence-electron chi connectivity index (χ0n) is 11.8. The fraction of sp³-hybridized carbons (Fsp3) is 0.357. The van der Waals surface area contributed by atoms with Gasteiger partial charge >= 0.3 is 0 Å². The molecule has 1 fully saturated rings. The van der Waals surface area contributed by atoms with E-state index >= 15 is 0 Å². The first-order valence-electron chi connectivity index (χ1n) is 6.91. The molecule has 2 heterocycles. The number of nitrogens with one attached hydrogen (secondary N) is 2. The number of piperidine rings is 1. The fourth-order valence-electron chi connectivity index (χ4n) is 2.57. The highest BCUT2D eigenvalue weighted by molar-refractivity contribution is 5.90. The molecule has 7 heteroatoms. The van der Waals surface area contributed by atoms with Crippen LogP contribution in [0.25, 0.3) is 10.9 Å². The quantitative estimate of drug-likeness (QED) is 0.574. The van der Waals surface area contributed by atoms with Crippen LogP contribution in [0.5, 0.6) is 0 Å². The molecule has 21 heavy (non-hydrogen) atoms. The zero-order chi connectivity index (χ0) is 14.8. The number of amides is 1. The third-order valence-corrected chi connectivity index (χ3v) is 3.70. The van der Waals surface area contributed by atoms with Gasteiger partial charge in [0.05, 0.1) is 5.52 Å². The number of nitrogens with zero attached hydrogens (tertiary/aromatic N) is 3. The van der Waals surface area contributed by atoms with Gasteiger partial charge in [-0.25, -0.2) is 10.8 Å².